The van der Waals surface area contributed by atoms with E-state index in [1.807, 2.05) is 38.2 Å². The zero-order valence-electron chi connectivity index (χ0n) is 16.1. The van der Waals surface area contributed by atoms with Crippen molar-refractivity contribution in [3.8, 4) is 23.4 Å². The van der Waals surface area contributed by atoms with Crippen LogP contribution >= 0.6 is 0 Å². The van der Waals surface area contributed by atoms with Crippen LogP contribution in [0.3, 0.4) is 0 Å². The van der Waals surface area contributed by atoms with Gasteiger partial charge in [0.05, 0.1) is 19.9 Å². The van der Waals surface area contributed by atoms with Gasteiger partial charge >= 0.3 is 0 Å². The predicted molar refractivity (Wildman–Crippen MR) is 103 cm³/mol. The van der Waals surface area contributed by atoms with E-state index in [1.165, 1.54) is 0 Å². The molecule has 1 atom stereocenters. The summed E-state index contributed by atoms with van der Waals surface area (Å²) in [7, 11) is 4.94. The van der Waals surface area contributed by atoms with Crippen molar-refractivity contribution >= 4 is 11.7 Å². The first-order valence-electron chi connectivity index (χ1n) is 8.64. The highest BCUT2D eigenvalue weighted by molar-refractivity contribution is 5.87. The average molecular weight is 365 g/mol. The van der Waals surface area contributed by atoms with Gasteiger partial charge in [0, 0.05) is 25.2 Å². The minimum Gasteiger partial charge on any atom is -0.495 e. The summed E-state index contributed by atoms with van der Waals surface area (Å²) in [6, 6.07) is 9.40. The molecule has 1 aliphatic heterocycles. The number of rotatable bonds is 4. The Balaban J connectivity index is 1.94. The van der Waals surface area contributed by atoms with Gasteiger partial charge in [-0.25, -0.2) is 4.68 Å². The van der Waals surface area contributed by atoms with Gasteiger partial charge < -0.3 is 14.4 Å². The molecule has 0 unspecified atom stereocenters. The lowest BCUT2D eigenvalue weighted by molar-refractivity contribution is -0.131. The molecular formula is C21H23N3O3. The van der Waals surface area contributed by atoms with E-state index in [4.69, 9.17) is 9.47 Å². The number of carbonyl (C=O) groups is 1. The number of hydrogen-bond acceptors (Lipinski definition) is 4. The number of benzene rings is 1. The largest absolute Gasteiger partial charge is 0.495 e. The second-order valence-electron chi connectivity index (χ2n) is 6.72. The summed E-state index contributed by atoms with van der Waals surface area (Å²) in [4.78, 5) is 14.0. The summed E-state index contributed by atoms with van der Waals surface area (Å²) in [5.41, 5.74) is 1.57. The Kier molecular flexibility index (Phi) is 4.95. The molecular weight excluding hydrogens is 342 g/mol. The number of ether oxygens (including phenoxy) is 2. The first kappa shape index (κ1) is 18.6. The van der Waals surface area contributed by atoms with E-state index in [0.717, 1.165) is 24.2 Å². The van der Waals surface area contributed by atoms with Gasteiger partial charge in [0.15, 0.2) is 0 Å². The van der Waals surface area contributed by atoms with Crippen molar-refractivity contribution in [2.24, 2.45) is 5.41 Å². The van der Waals surface area contributed by atoms with Gasteiger partial charge in [0.1, 0.15) is 16.9 Å². The van der Waals surface area contributed by atoms with Crippen molar-refractivity contribution in [1.82, 2.24) is 14.7 Å². The normalized spacial score (nSPS) is 18.8. The van der Waals surface area contributed by atoms with E-state index in [1.54, 1.807) is 29.9 Å². The van der Waals surface area contributed by atoms with Gasteiger partial charge in [-0.2, -0.15) is 5.10 Å². The zero-order chi connectivity index (χ0) is 19.6. The number of carbonyl (C=O) groups excluding carboxylic acids is 1. The first-order chi connectivity index (χ1) is 12.9. The Labute approximate surface area is 159 Å². The lowest BCUT2D eigenvalue weighted by Crippen LogP contribution is -2.28. The summed E-state index contributed by atoms with van der Waals surface area (Å²) in [5.74, 6) is 7.40. The third kappa shape index (κ3) is 3.54. The highest BCUT2D eigenvalue weighted by Crippen LogP contribution is 2.30. The molecule has 0 bridgehead atoms. The second kappa shape index (κ2) is 7.20. The van der Waals surface area contributed by atoms with Crippen molar-refractivity contribution < 1.29 is 14.3 Å². The quantitative estimate of drug-likeness (QED) is 0.618. The molecule has 1 amide bonds. The van der Waals surface area contributed by atoms with Crippen LogP contribution in [0, 0.1) is 17.3 Å². The van der Waals surface area contributed by atoms with Crippen molar-refractivity contribution in [2.45, 2.75) is 13.3 Å². The molecule has 2 aromatic rings. The van der Waals surface area contributed by atoms with Crippen molar-refractivity contribution in [2.75, 3.05) is 27.8 Å². The molecule has 1 aliphatic rings. The Bertz CT molecular complexity index is 951. The number of likely N-dealkylation sites (tertiary alicyclic amines) is 1. The van der Waals surface area contributed by atoms with Gasteiger partial charge in [-0.3, -0.25) is 4.79 Å². The SMILES string of the molecule is C=C(OC)c1cc(OC)n(-c2cccc(C#C[C@]3(C)CCN(C)C3=O)c2)n1. The van der Waals surface area contributed by atoms with E-state index < -0.39 is 5.41 Å². The molecule has 0 N–H and O–H groups in total. The number of methoxy groups -OCH3 is 2. The molecule has 0 radical (unpaired) electrons. The summed E-state index contributed by atoms with van der Waals surface area (Å²) in [6.07, 6.45) is 0.741. The smallest absolute Gasteiger partial charge is 0.240 e. The Morgan fingerprint density at radius 2 is 2.11 bits per heavy atom. The minimum absolute atomic E-state index is 0.0719. The van der Waals surface area contributed by atoms with Crippen LogP contribution in [0.25, 0.3) is 11.4 Å². The number of hydrogen-bond donors (Lipinski definition) is 0. The second-order valence-corrected chi connectivity index (χ2v) is 6.72. The fourth-order valence-corrected chi connectivity index (χ4v) is 3.00. The predicted octanol–water partition coefficient (Wildman–Crippen LogP) is 2.72. The molecule has 6 nitrogen and oxygen atoms in total. The molecule has 2 heterocycles. The summed E-state index contributed by atoms with van der Waals surface area (Å²) < 4.78 is 12.2. The maximum atomic E-state index is 12.3. The van der Waals surface area contributed by atoms with Crippen LogP contribution in [0.2, 0.25) is 0 Å². The average Bonchev–Trinajstić information content (AvgIpc) is 3.23. The standard InChI is InChI=1S/C21H23N3O3/c1-15(26-4)18-14-19(27-5)24(22-18)17-8-6-7-16(13-17)9-10-21(2)11-12-23(3)20(21)25/h6-8,13-14H,1,11-12H2,2-5H3/t21-/m1/s1. The van der Waals surface area contributed by atoms with Gasteiger partial charge in [0.25, 0.3) is 0 Å². The van der Waals surface area contributed by atoms with E-state index in [-0.39, 0.29) is 5.91 Å². The number of nitrogens with zero attached hydrogens (tertiary/aromatic N) is 3. The van der Waals surface area contributed by atoms with Crippen LogP contribution < -0.4 is 4.74 Å². The highest BCUT2D eigenvalue weighted by Gasteiger charge is 2.39. The van der Waals surface area contributed by atoms with Crippen LogP contribution in [-0.4, -0.2) is 48.4 Å². The van der Waals surface area contributed by atoms with E-state index in [9.17, 15) is 4.79 Å². The van der Waals surface area contributed by atoms with Gasteiger partial charge in [0.2, 0.25) is 11.8 Å². The van der Waals surface area contributed by atoms with Crippen LogP contribution in [0.4, 0.5) is 0 Å². The summed E-state index contributed by atoms with van der Waals surface area (Å²) in [6.45, 7) is 6.46. The first-order valence-corrected chi connectivity index (χ1v) is 8.64. The monoisotopic (exact) mass is 365 g/mol. The molecule has 3 rings (SSSR count). The fourth-order valence-electron chi connectivity index (χ4n) is 3.00. The van der Waals surface area contributed by atoms with Gasteiger partial charge in [-0.05, 0) is 31.5 Å². The highest BCUT2D eigenvalue weighted by atomic mass is 16.5. The zero-order valence-corrected chi connectivity index (χ0v) is 16.1. The maximum Gasteiger partial charge on any atom is 0.240 e. The molecule has 0 spiro atoms. The minimum atomic E-state index is -0.627. The van der Waals surface area contributed by atoms with Gasteiger partial charge in [-0.15, -0.1) is 0 Å². The molecule has 0 aliphatic carbocycles. The maximum absolute atomic E-state index is 12.3. The van der Waals surface area contributed by atoms with Crippen LogP contribution in [0.1, 0.15) is 24.6 Å². The molecule has 1 aromatic carbocycles. The molecule has 6 heteroatoms. The number of aromatic nitrogens is 2. The molecule has 27 heavy (non-hydrogen) atoms. The fraction of sp³-hybridized carbons (Fsp3) is 0.333. The summed E-state index contributed by atoms with van der Waals surface area (Å²) in [5, 5.41) is 4.49. The third-order valence-electron chi connectivity index (χ3n) is 4.76. The van der Waals surface area contributed by atoms with Crippen LogP contribution in [0.5, 0.6) is 5.88 Å². The molecule has 1 aromatic heterocycles. The molecule has 140 valence electrons. The van der Waals surface area contributed by atoms with E-state index in [2.05, 4.69) is 23.5 Å². The molecule has 1 saturated heterocycles. The Morgan fingerprint density at radius 3 is 2.74 bits per heavy atom. The molecule has 0 saturated carbocycles. The Morgan fingerprint density at radius 1 is 1.33 bits per heavy atom. The van der Waals surface area contributed by atoms with E-state index in [0.29, 0.717) is 17.3 Å². The van der Waals surface area contributed by atoms with Crippen molar-refractivity contribution in [3.63, 3.8) is 0 Å². The Hall–Kier alpha value is -3.20. The lowest BCUT2D eigenvalue weighted by Gasteiger charge is -2.14. The topological polar surface area (TPSA) is 56.6 Å². The van der Waals surface area contributed by atoms with Crippen LogP contribution in [-0.2, 0) is 9.53 Å². The van der Waals surface area contributed by atoms with E-state index >= 15 is 0 Å². The third-order valence-corrected chi connectivity index (χ3v) is 4.76. The number of amides is 1. The summed E-state index contributed by atoms with van der Waals surface area (Å²) >= 11 is 0. The van der Waals surface area contributed by atoms with Crippen molar-refractivity contribution in [1.29, 1.82) is 0 Å². The van der Waals surface area contributed by atoms with Crippen molar-refractivity contribution in [3.05, 3.63) is 48.2 Å². The van der Waals surface area contributed by atoms with Crippen LogP contribution in [0.15, 0.2) is 36.9 Å². The van der Waals surface area contributed by atoms with Gasteiger partial charge in [-0.1, -0.05) is 24.5 Å². The molecule has 1 fully saturated rings. The lowest BCUT2D eigenvalue weighted by atomic mass is 9.89.